The van der Waals surface area contributed by atoms with Crippen LogP contribution in [0.25, 0.3) is 0 Å². The number of amides is 1. The van der Waals surface area contributed by atoms with Crippen molar-refractivity contribution in [3.05, 3.63) is 23.9 Å². The summed E-state index contributed by atoms with van der Waals surface area (Å²) < 4.78 is 12.9. The Hall–Kier alpha value is -1.65. The molecule has 4 nitrogen and oxygen atoms in total. The van der Waals surface area contributed by atoms with E-state index in [1.54, 1.807) is 6.08 Å². The van der Waals surface area contributed by atoms with Gasteiger partial charge in [0.15, 0.2) is 0 Å². The fraction of sp³-hybridized carbons (Fsp3) is 0.600. The van der Waals surface area contributed by atoms with Crippen molar-refractivity contribution >= 4 is 12.2 Å². The molecule has 0 bridgehead atoms. The number of nitrogens with one attached hydrogen (secondary N) is 1. The summed E-state index contributed by atoms with van der Waals surface area (Å²) in [4.78, 5) is 24.0. The molecule has 2 unspecified atom stereocenters. The number of carbonyl (C=O) groups excluding carboxylic acids is 2. The molecular formula is C15H25FN2O2. The second-order valence-electron chi connectivity index (χ2n) is 4.31. The number of likely N-dealkylation sites (N-methyl/N-ethyl adjacent to an activating group) is 1. The summed E-state index contributed by atoms with van der Waals surface area (Å²) in [5, 5.41) is 2.46. The summed E-state index contributed by atoms with van der Waals surface area (Å²) in [6, 6.07) is 0. The third-order valence-corrected chi connectivity index (χ3v) is 2.99. The van der Waals surface area contributed by atoms with Crippen LogP contribution in [0, 0.1) is 5.92 Å². The van der Waals surface area contributed by atoms with Gasteiger partial charge in [0.1, 0.15) is 12.5 Å². The van der Waals surface area contributed by atoms with Gasteiger partial charge in [-0.25, -0.2) is 4.39 Å². The normalized spacial score (nSPS) is 18.2. The fourth-order valence-electron chi connectivity index (χ4n) is 1.77. The van der Waals surface area contributed by atoms with Crippen molar-refractivity contribution in [2.45, 2.75) is 32.9 Å². The van der Waals surface area contributed by atoms with E-state index in [0.29, 0.717) is 25.7 Å². The van der Waals surface area contributed by atoms with Gasteiger partial charge >= 0.3 is 0 Å². The predicted octanol–water partition coefficient (Wildman–Crippen LogP) is 2.08. The molecule has 2 atom stereocenters. The van der Waals surface area contributed by atoms with Crippen LogP contribution in [0.1, 0.15) is 26.7 Å². The third-order valence-electron chi connectivity index (χ3n) is 2.99. The quantitative estimate of drug-likeness (QED) is 0.600. The standard InChI is InChI=1S/C13H19FN2O2.C2H6/c1-15-13(18)10(9-17)7-8-16(2)12-5-3-11(14)4-6-12;1-2/h3,5-6,9-11H,4,7-8H2,1-2H3,(H,15,18);1-2H3. The zero-order valence-corrected chi connectivity index (χ0v) is 12.7. The summed E-state index contributed by atoms with van der Waals surface area (Å²) in [5.41, 5.74) is 0.922. The second-order valence-corrected chi connectivity index (χ2v) is 4.31. The molecular weight excluding hydrogens is 259 g/mol. The molecule has 0 aromatic rings. The van der Waals surface area contributed by atoms with Crippen LogP contribution >= 0.6 is 0 Å². The molecule has 1 aliphatic carbocycles. The van der Waals surface area contributed by atoms with Gasteiger partial charge in [-0.2, -0.15) is 0 Å². The zero-order valence-electron chi connectivity index (χ0n) is 12.7. The van der Waals surface area contributed by atoms with E-state index in [9.17, 15) is 14.0 Å². The van der Waals surface area contributed by atoms with Crippen molar-refractivity contribution in [3.63, 3.8) is 0 Å². The number of rotatable bonds is 6. The van der Waals surface area contributed by atoms with Crippen molar-refractivity contribution in [2.24, 2.45) is 5.92 Å². The summed E-state index contributed by atoms with van der Waals surface area (Å²) in [6.07, 6.45) is 5.64. The van der Waals surface area contributed by atoms with Gasteiger partial charge in [0.25, 0.3) is 0 Å². The highest BCUT2D eigenvalue weighted by Gasteiger charge is 2.17. The van der Waals surface area contributed by atoms with Crippen molar-refractivity contribution in [2.75, 3.05) is 20.6 Å². The van der Waals surface area contributed by atoms with Crippen LogP contribution in [0.15, 0.2) is 23.9 Å². The number of aldehydes is 1. The van der Waals surface area contributed by atoms with Crippen LogP contribution in [0.5, 0.6) is 0 Å². The molecule has 0 aromatic heterocycles. The van der Waals surface area contributed by atoms with Crippen LogP contribution in [0.4, 0.5) is 4.39 Å². The molecule has 0 saturated carbocycles. The summed E-state index contributed by atoms with van der Waals surface area (Å²) in [7, 11) is 3.37. The Bertz CT molecular complexity index is 367. The Balaban J connectivity index is 0.00000172. The Kier molecular flexibility index (Phi) is 9.34. The average molecular weight is 284 g/mol. The monoisotopic (exact) mass is 284 g/mol. The van der Waals surface area contributed by atoms with E-state index in [1.807, 2.05) is 31.9 Å². The molecule has 1 N–H and O–H groups in total. The minimum absolute atomic E-state index is 0.268. The minimum Gasteiger partial charge on any atom is -0.375 e. The van der Waals surface area contributed by atoms with E-state index in [1.165, 1.54) is 13.1 Å². The lowest BCUT2D eigenvalue weighted by Crippen LogP contribution is -2.31. The zero-order chi connectivity index (χ0) is 15.5. The molecule has 0 saturated heterocycles. The van der Waals surface area contributed by atoms with E-state index >= 15 is 0 Å². The lowest BCUT2D eigenvalue weighted by Gasteiger charge is -2.23. The average Bonchev–Trinajstić information content (AvgIpc) is 2.50. The molecule has 0 aromatic carbocycles. The molecule has 1 rings (SSSR count). The molecule has 20 heavy (non-hydrogen) atoms. The first-order valence-corrected chi connectivity index (χ1v) is 6.99. The highest BCUT2D eigenvalue weighted by Crippen LogP contribution is 2.16. The molecule has 0 aliphatic heterocycles. The Morgan fingerprint density at radius 1 is 1.60 bits per heavy atom. The molecule has 0 radical (unpaired) electrons. The Labute approximate surface area is 120 Å². The SMILES string of the molecule is CC.CNC(=O)C(C=O)CCN(C)C1=CCC(F)C=C1. The van der Waals surface area contributed by atoms with Gasteiger partial charge < -0.3 is 15.0 Å². The van der Waals surface area contributed by atoms with E-state index < -0.39 is 12.1 Å². The largest absolute Gasteiger partial charge is 0.375 e. The van der Waals surface area contributed by atoms with Gasteiger partial charge in [0.2, 0.25) is 5.91 Å². The lowest BCUT2D eigenvalue weighted by molar-refractivity contribution is -0.128. The van der Waals surface area contributed by atoms with Crippen LogP contribution in [-0.2, 0) is 9.59 Å². The summed E-state index contributed by atoms with van der Waals surface area (Å²) in [5.74, 6) is -0.894. The van der Waals surface area contributed by atoms with E-state index in [0.717, 1.165) is 5.70 Å². The summed E-state index contributed by atoms with van der Waals surface area (Å²) in [6.45, 7) is 4.57. The number of carbonyl (C=O) groups is 2. The molecule has 1 aliphatic rings. The molecule has 0 spiro atoms. The van der Waals surface area contributed by atoms with Gasteiger partial charge in [0.05, 0.1) is 5.92 Å². The Morgan fingerprint density at radius 2 is 2.25 bits per heavy atom. The van der Waals surface area contributed by atoms with Crippen LogP contribution in [0.3, 0.4) is 0 Å². The number of hydrogen-bond acceptors (Lipinski definition) is 3. The van der Waals surface area contributed by atoms with Crippen molar-refractivity contribution in [1.82, 2.24) is 10.2 Å². The first-order valence-electron chi connectivity index (χ1n) is 6.99. The topological polar surface area (TPSA) is 49.4 Å². The number of allylic oxidation sites excluding steroid dienone is 3. The van der Waals surface area contributed by atoms with E-state index in [4.69, 9.17) is 0 Å². The fourth-order valence-corrected chi connectivity index (χ4v) is 1.77. The highest BCUT2D eigenvalue weighted by atomic mass is 19.1. The second kappa shape index (κ2) is 10.2. The van der Waals surface area contributed by atoms with Gasteiger partial charge in [0, 0.05) is 32.8 Å². The molecule has 0 heterocycles. The smallest absolute Gasteiger partial charge is 0.230 e. The summed E-state index contributed by atoms with van der Waals surface area (Å²) >= 11 is 0. The third kappa shape index (κ3) is 5.99. The number of hydrogen-bond donors (Lipinski definition) is 1. The van der Waals surface area contributed by atoms with Gasteiger partial charge in [-0.1, -0.05) is 19.9 Å². The predicted molar refractivity (Wildman–Crippen MR) is 79.0 cm³/mol. The Morgan fingerprint density at radius 3 is 2.70 bits per heavy atom. The van der Waals surface area contributed by atoms with Gasteiger partial charge in [-0.15, -0.1) is 0 Å². The first kappa shape index (κ1) is 18.4. The maximum atomic E-state index is 12.9. The van der Waals surface area contributed by atoms with E-state index in [-0.39, 0.29) is 5.91 Å². The highest BCUT2D eigenvalue weighted by molar-refractivity contribution is 5.91. The number of halogens is 1. The molecule has 114 valence electrons. The molecule has 0 fully saturated rings. The van der Waals surface area contributed by atoms with Crippen molar-refractivity contribution in [1.29, 1.82) is 0 Å². The molecule has 1 amide bonds. The van der Waals surface area contributed by atoms with Crippen molar-refractivity contribution in [3.8, 4) is 0 Å². The van der Waals surface area contributed by atoms with Crippen molar-refractivity contribution < 1.29 is 14.0 Å². The van der Waals surface area contributed by atoms with Crippen LogP contribution in [0.2, 0.25) is 0 Å². The van der Waals surface area contributed by atoms with Crippen LogP contribution in [-0.4, -0.2) is 43.9 Å². The minimum atomic E-state index is -0.907. The number of alkyl halides is 1. The molecule has 5 heteroatoms. The maximum Gasteiger partial charge on any atom is 0.230 e. The maximum absolute atomic E-state index is 12.9. The number of nitrogens with zero attached hydrogens (tertiary/aromatic N) is 1. The lowest BCUT2D eigenvalue weighted by atomic mass is 10.1. The van der Waals surface area contributed by atoms with Gasteiger partial charge in [-0.3, -0.25) is 4.79 Å². The van der Waals surface area contributed by atoms with E-state index in [2.05, 4.69) is 5.32 Å². The van der Waals surface area contributed by atoms with Gasteiger partial charge in [-0.05, 0) is 18.6 Å². The first-order chi connectivity index (χ1) is 9.58. The van der Waals surface area contributed by atoms with Crippen LogP contribution < -0.4 is 5.32 Å².